The normalized spacial score (nSPS) is 18.8. The van der Waals surface area contributed by atoms with Gasteiger partial charge >= 0.3 is 0 Å². The van der Waals surface area contributed by atoms with Crippen LogP contribution in [-0.2, 0) is 19.2 Å². The molecule has 0 heterocycles. The fourth-order valence-corrected chi connectivity index (χ4v) is 1.93. The van der Waals surface area contributed by atoms with Crippen LogP contribution in [0.4, 0.5) is 4.39 Å². The van der Waals surface area contributed by atoms with E-state index in [2.05, 4.69) is 6.58 Å². The second-order valence-corrected chi connectivity index (χ2v) is 4.32. The van der Waals surface area contributed by atoms with Gasteiger partial charge in [-0.2, -0.15) is 0 Å². The molecule has 5 nitrogen and oxygen atoms in total. The Morgan fingerprint density at radius 1 is 1.40 bits per heavy atom. The summed E-state index contributed by atoms with van der Waals surface area (Å²) in [7, 11) is 0. The second-order valence-electron chi connectivity index (χ2n) is 4.32. The van der Waals surface area contributed by atoms with E-state index in [4.69, 9.17) is 5.73 Å². The molecule has 2 N–H and O–H groups in total. The van der Waals surface area contributed by atoms with Gasteiger partial charge in [0.1, 0.15) is 12.5 Å². The van der Waals surface area contributed by atoms with Crippen molar-refractivity contribution in [2.24, 2.45) is 11.7 Å². The van der Waals surface area contributed by atoms with Crippen LogP contribution < -0.4 is 5.73 Å². The topological polar surface area (TPSA) is 94.3 Å². The summed E-state index contributed by atoms with van der Waals surface area (Å²) < 4.78 is 13.2. The molecule has 1 aliphatic rings. The number of aldehydes is 2. The van der Waals surface area contributed by atoms with E-state index in [1.807, 2.05) is 0 Å². The van der Waals surface area contributed by atoms with Gasteiger partial charge in [0.2, 0.25) is 5.91 Å². The number of carbonyl (C=O) groups excluding carboxylic acids is 4. The van der Waals surface area contributed by atoms with Gasteiger partial charge in [-0.1, -0.05) is 6.58 Å². The van der Waals surface area contributed by atoms with Gasteiger partial charge in [0.05, 0.1) is 5.92 Å². The Hall–Kier alpha value is -2.37. The molecule has 2 atom stereocenters. The minimum Gasteiger partial charge on any atom is -0.369 e. The molecule has 0 aliphatic heterocycles. The Morgan fingerprint density at radius 2 is 2.05 bits per heavy atom. The number of primary amides is 1. The number of hydrogen-bond donors (Lipinski definition) is 1. The predicted molar refractivity (Wildman–Crippen MR) is 69.3 cm³/mol. The third-order valence-electron chi connectivity index (χ3n) is 2.98. The highest BCUT2D eigenvalue weighted by atomic mass is 19.1. The lowest BCUT2D eigenvalue weighted by molar-refractivity contribution is -0.123. The predicted octanol–water partition coefficient (Wildman–Crippen LogP) is 0.596. The SMILES string of the molecule is C=C(C(=O)C1=CC(F)C=C1C=O)C(CCC=O)C(N)=O. The van der Waals surface area contributed by atoms with Crippen LogP contribution in [0.3, 0.4) is 0 Å². The standard InChI is InChI=1S/C14H14FNO4/c1-8(11(14(16)20)3-2-4-17)13(19)12-6-10(15)5-9(12)7-18/h4-7,10-11H,1-3H2,(H2,16,20). The molecular weight excluding hydrogens is 265 g/mol. The smallest absolute Gasteiger partial charge is 0.225 e. The zero-order valence-electron chi connectivity index (χ0n) is 10.7. The summed E-state index contributed by atoms with van der Waals surface area (Å²) in [5.41, 5.74) is 4.81. The molecule has 6 heteroatoms. The molecule has 0 saturated carbocycles. The van der Waals surface area contributed by atoms with E-state index in [9.17, 15) is 23.6 Å². The molecule has 0 bridgehead atoms. The average Bonchev–Trinajstić information content (AvgIpc) is 2.78. The van der Waals surface area contributed by atoms with E-state index >= 15 is 0 Å². The molecule has 0 radical (unpaired) electrons. The van der Waals surface area contributed by atoms with Crippen molar-refractivity contribution in [3.8, 4) is 0 Å². The average molecular weight is 279 g/mol. The molecule has 0 spiro atoms. The van der Waals surface area contributed by atoms with E-state index in [0.717, 1.165) is 12.2 Å². The lowest BCUT2D eigenvalue weighted by Crippen LogP contribution is -2.28. The van der Waals surface area contributed by atoms with Crippen LogP contribution in [0, 0.1) is 5.92 Å². The van der Waals surface area contributed by atoms with Crippen molar-refractivity contribution >= 4 is 24.3 Å². The summed E-state index contributed by atoms with van der Waals surface area (Å²) in [4.78, 5) is 44.5. The minimum atomic E-state index is -1.52. The zero-order chi connectivity index (χ0) is 15.3. The molecule has 1 aliphatic carbocycles. The van der Waals surface area contributed by atoms with E-state index < -0.39 is 23.8 Å². The number of rotatable bonds is 8. The highest BCUT2D eigenvalue weighted by Gasteiger charge is 2.29. The van der Waals surface area contributed by atoms with Crippen molar-refractivity contribution in [1.29, 1.82) is 0 Å². The second kappa shape index (κ2) is 6.70. The number of nitrogens with two attached hydrogens (primary N) is 1. The number of halogens is 1. The Bertz CT molecular complexity index is 533. The van der Waals surface area contributed by atoms with Gasteiger partial charge in [-0.3, -0.25) is 14.4 Å². The Labute approximate surface area is 115 Å². The van der Waals surface area contributed by atoms with Crippen molar-refractivity contribution in [1.82, 2.24) is 0 Å². The maximum atomic E-state index is 13.2. The quantitative estimate of drug-likeness (QED) is 0.520. The van der Waals surface area contributed by atoms with Crippen LogP contribution in [0.5, 0.6) is 0 Å². The van der Waals surface area contributed by atoms with Crippen LogP contribution in [-0.4, -0.2) is 30.4 Å². The molecule has 1 rings (SSSR count). The van der Waals surface area contributed by atoms with E-state index in [-0.39, 0.29) is 29.6 Å². The van der Waals surface area contributed by atoms with E-state index in [1.165, 1.54) is 0 Å². The van der Waals surface area contributed by atoms with Crippen LogP contribution in [0.1, 0.15) is 12.8 Å². The molecule has 0 aromatic carbocycles. The summed E-state index contributed by atoms with van der Waals surface area (Å²) in [6.45, 7) is 3.49. The number of hydrogen-bond acceptors (Lipinski definition) is 4. The maximum Gasteiger partial charge on any atom is 0.225 e. The van der Waals surface area contributed by atoms with Gasteiger partial charge in [-0.05, 0) is 18.6 Å². The first-order valence-electron chi connectivity index (χ1n) is 5.92. The first-order valence-corrected chi connectivity index (χ1v) is 5.92. The maximum absolute atomic E-state index is 13.2. The molecule has 0 aromatic rings. The number of ketones is 1. The van der Waals surface area contributed by atoms with Crippen LogP contribution in [0.2, 0.25) is 0 Å². The summed E-state index contributed by atoms with van der Waals surface area (Å²) in [6.07, 6.45) is 1.51. The van der Waals surface area contributed by atoms with Crippen molar-refractivity contribution in [3.05, 3.63) is 35.5 Å². The summed E-state index contributed by atoms with van der Waals surface area (Å²) in [6, 6.07) is 0. The van der Waals surface area contributed by atoms with Gasteiger partial charge in [0.25, 0.3) is 0 Å². The number of alkyl halides is 1. The highest BCUT2D eigenvalue weighted by Crippen LogP contribution is 2.26. The lowest BCUT2D eigenvalue weighted by Gasteiger charge is -2.14. The van der Waals surface area contributed by atoms with Gasteiger partial charge in [0, 0.05) is 23.1 Å². The number of allylic oxidation sites excluding steroid dienone is 4. The first kappa shape index (κ1) is 15.7. The van der Waals surface area contributed by atoms with Crippen LogP contribution in [0.15, 0.2) is 35.5 Å². The molecule has 1 amide bonds. The minimum absolute atomic E-state index is 0.0427. The molecule has 2 unspecified atom stereocenters. The van der Waals surface area contributed by atoms with Gasteiger partial charge in [-0.15, -0.1) is 0 Å². The first-order chi connectivity index (χ1) is 9.42. The third-order valence-corrected chi connectivity index (χ3v) is 2.98. The van der Waals surface area contributed by atoms with Crippen LogP contribution >= 0.6 is 0 Å². The third kappa shape index (κ3) is 3.34. The molecule has 0 aromatic heterocycles. The zero-order valence-corrected chi connectivity index (χ0v) is 10.7. The van der Waals surface area contributed by atoms with Crippen molar-refractivity contribution in [3.63, 3.8) is 0 Å². The molecule has 0 saturated heterocycles. The van der Waals surface area contributed by atoms with Crippen molar-refractivity contribution < 1.29 is 23.6 Å². The lowest BCUT2D eigenvalue weighted by atomic mass is 9.88. The number of Topliss-reactive ketones (excluding diaryl/α,β-unsaturated/α-hetero) is 1. The largest absolute Gasteiger partial charge is 0.369 e. The van der Waals surface area contributed by atoms with Gasteiger partial charge < -0.3 is 10.5 Å². The summed E-state index contributed by atoms with van der Waals surface area (Å²) >= 11 is 0. The summed E-state index contributed by atoms with van der Waals surface area (Å²) in [5, 5.41) is 0. The number of amides is 1. The van der Waals surface area contributed by atoms with Gasteiger partial charge in [0.15, 0.2) is 12.1 Å². The molecule has 0 fully saturated rings. The Balaban J connectivity index is 2.95. The van der Waals surface area contributed by atoms with Gasteiger partial charge in [-0.25, -0.2) is 4.39 Å². The fourth-order valence-electron chi connectivity index (χ4n) is 1.93. The Morgan fingerprint density at radius 3 is 2.55 bits per heavy atom. The Kier molecular flexibility index (Phi) is 5.25. The highest BCUT2D eigenvalue weighted by molar-refractivity contribution is 6.17. The van der Waals surface area contributed by atoms with Crippen molar-refractivity contribution in [2.75, 3.05) is 0 Å². The van der Waals surface area contributed by atoms with Crippen LogP contribution in [0.25, 0.3) is 0 Å². The molecular formula is C14H14FNO4. The fraction of sp³-hybridized carbons (Fsp3) is 0.286. The van der Waals surface area contributed by atoms with E-state index in [1.54, 1.807) is 0 Å². The van der Waals surface area contributed by atoms with E-state index in [0.29, 0.717) is 12.6 Å². The number of carbonyl (C=O) groups is 4. The molecule has 20 heavy (non-hydrogen) atoms. The summed E-state index contributed by atoms with van der Waals surface area (Å²) in [5.74, 6) is -2.52. The van der Waals surface area contributed by atoms with Crippen molar-refractivity contribution in [2.45, 2.75) is 19.0 Å². The monoisotopic (exact) mass is 279 g/mol. The molecule has 106 valence electrons.